The van der Waals surface area contributed by atoms with Gasteiger partial charge in [0.2, 0.25) is 0 Å². The second-order valence-corrected chi connectivity index (χ2v) is 3.72. The molecule has 0 fully saturated rings. The number of hydrogen-bond acceptors (Lipinski definition) is 4. The molecule has 4 nitrogen and oxygen atoms in total. The minimum Gasteiger partial charge on any atom is -0.336 e. The first-order valence-electron chi connectivity index (χ1n) is 6.06. The molecule has 0 amide bonds. The first-order valence-corrected chi connectivity index (χ1v) is 6.06. The van der Waals surface area contributed by atoms with Crippen LogP contribution in [0, 0.1) is 13.8 Å². The number of ketones is 4. The fourth-order valence-corrected chi connectivity index (χ4v) is 0.867. The van der Waals surface area contributed by atoms with Gasteiger partial charge in [-0.1, -0.05) is 13.8 Å². The van der Waals surface area contributed by atoms with Crippen molar-refractivity contribution in [3.8, 4) is 0 Å². The molecule has 0 spiro atoms. The Bertz CT molecular complexity index is 240. The van der Waals surface area contributed by atoms with Crippen LogP contribution in [0.25, 0.3) is 0 Å². The van der Waals surface area contributed by atoms with Crippen LogP contribution in [-0.2, 0) is 40.2 Å². The Morgan fingerprint density at radius 1 is 0.684 bits per heavy atom. The number of carbonyl (C=O) groups excluding carboxylic acids is 4. The molecule has 0 radical (unpaired) electrons. The van der Waals surface area contributed by atoms with E-state index in [4.69, 9.17) is 0 Å². The Balaban J connectivity index is -0.000000256. The van der Waals surface area contributed by atoms with E-state index in [-0.39, 0.29) is 69.9 Å². The van der Waals surface area contributed by atoms with Gasteiger partial charge in [0, 0.05) is 12.8 Å². The summed E-state index contributed by atoms with van der Waals surface area (Å²) in [6.07, 6.45) is 1.49. The van der Waals surface area contributed by atoms with Gasteiger partial charge in [0.15, 0.2) is 0 Å². The van der Waals surface area contributed by atoms with Gasteiger partial charge in [0.1, 0.15) is 23.1 Å². The summed E-state index contributed by atoms with van der Waals surface area (Å²) in [5.41, 5.74) is 0. The maximum absolute atomic E-state index is 10.5. The van der Waals surface area contributed by atoms with Gasteiger partial charge in [0.05, 0.1) is 12.8 Å². The summed E-state index contributed by atoms with van der Waals surface area (Å²) in [5.74, 6) is -0.129. The summed E-state index contributed by atoms with van der Waals surface area (Å²) in [7, 11) is 0. The Morgan fingerprint density at radius 3 is 1.11 bits per heavy atom. The molecule has 0 bridgehead atoms. The summed E-state index contributed by atoms with van der Waals surface area (Å²) in [6, 6.07) is 0. The summed E-state index contributed by atoms with van der Waals surface area (Å²) in [6.45, 7) is 10.2. The number of carbonyl (C=O) groups is 4. The molecule has 0 saturated carbocycles. The third-order valence-corrected chi connectivity index (χ3v) is 2.14. The van der Waals surface area contributed by atoms with Crippen LogP contribution in [0.4, 0.5) is 0 Å². The van der Waals surface area contributed by atoms with Crippen molar-refractivity contribution in [2.45, 2.75) is 52.4 Å². The molecule has 0 aromatic heterocycles. The van der Waals surface area contributed by atoms with Crippen LogP contribution in [0.2, 0.25) is 0 Å². The molecule has 0 rings (SSSR count). The predicted molar refractivity (Wildman–Crippen MR) is 69.8 cm³/mol. The zero-order chi connectivity index (χ0) is 14.6. The predicted octanol–water partition coefficient (Wildman–Crippen LogP) is 2.30. The van der Waals surface area contributed by atoms with E-state index in [2.05, 4.69) is 13.8 Å². The summed E-state index contributed by atoms with van der Waals surface area (Å²) >= 11 is 0. The smallest absolute Gasteiger partial charge is 0.336 e. The Morgan fingerprint density at radius 2 is 0.947 bits per heavy atom. The van der Waals surface area contributed by atoms with E-state index in [1.54, 1.807) is 13.8 Å². The number of Topliss-reactive ketones (excluding diaryl/α,β-unsaturated/α-hetero) is 4. The monoisotopic (exact) mass is 449 g/mol. The van der Waals surface area contributed by atoms with Crippen molar-refractivity contribution in [2.75, 3.05) is 0 Å². The molecule has 0 aliphatic carbocycles. The van der Waals surface area contributed by atoms with E-state index < -0.39 is 0 Å². The fraction of sp³-hybridized carbons (Fsp3) is 0.571. The first-order chi connectivity index (χ1) is 8.40. The van der Waals surface area contributed by atoms with E-state index in [1.165, 1.54) is 0 Å². The van der Waals surface area contributed by atoms with Crippen molar-refractivity contribution in [2.24, 2.45) is 0 Å². The van der Waals surface area contributed by atoms with Gasteiger partial charge in [-0.2, -0.15) is 0 Å². The van der Waals surface area contributed by atoms with Gasteiger partial charge in [-0.25, -0.2) is 0 Å². The fourth-order valence-electron chi connectivity index (χ4n) is 0.867. The van der Waals surface area contributed by atoms with Crippen molar-refractivity contribution >= 4 is 23.1 Å². The minimum atomic E-state index is -0.0677. The van der Waals surface area contributed by atoms with Crippen molar-refractivity contribution < 1.29 is 40.2 Å². The van der Waals surface area contributed by atoms with Crippen LogP contribution >= 0.6 is 0 Å². The summed E-state index contributed by atoms with van der Waals surface area (Å²) in [5, 5.41) is 0. The van der Waals surface area contributed by atoms with E-state index >= 15 is 0 Å². The van der Waals surface area contributed by atoms with Crippen LogP contribution in [0.1, 0.15) is 52.4 Å². The molecule has 19 heavy (non-hydrogen) atoms. The SMILES string of the molecule is [CH2-]CC(=O)CC(=O)CC.[CH2-]CC(=O)CC(=O)CC.[Pt+2]. The largest absolute Gasteiger partial charge is 2.00 e. The molecule has 0 aromatic rings. The molecule has 0 unspecified atom stereocenters. The van der Waals surface area contributed by atoms with Crippen LogP contribution in [0.3, 0.4) is 0 Å². The molecular formula is C14H22O4Pt. The molecule has 0 atom stereocenters. The second kappa shape index (κ2) is 15.4. The Labute approximate surface area is 130 Å². The third-order valence-electron chi connectivity index (χ3n) is 2.14. The van der Waals surface area contributed by atoms with E-state index in [1.807, 2.05) is 0 Å². The topological polar surface area (TPSA) is 68.3 Å². The Kier molecular flexibility index (Phi) is 19.0. The molecule has 0 N–H and O–H groups in total. The molecule has 0 aliphatic rings. The molecule has 5 heteroatoms. The number of rotatable bonds is 8. The van der Waals surface area contributed by atoms with Crippen molar-refractivity contribution in [3.05, 3.63) is 13.8 Å². The van der Waals surface area contributed by atoms with E-state index in [0.717, 1.165) is 0 Å². The zero-order valence-electron chi connectivity index (χ0n) is 11.6. The number of hydrogen-bond donors (Lipinski definition) is 0. The molecule has 0 aliphatic heterocycles. The molecule has 0 aromatic carbocycles. The average Bonchev–Trinajstić information content (AvgIpc) is 2.38. The van der Waals surface area contributed by atoms with Gasteiger partial charge in [-0.05, 0) is 0 Å². The first kappa shape index (κ1) is 23.5. The summed E-state index contributed by atoms with van der Waals surface area (Å²) in [4.78, 5) is 42.1. The average molecular weight is 449 g/mol. The third kappa shape index (κ3) is 17.4. The van der Waals surface area contributed by atoms with Crippen LogP contribution in [0.5, 0.6) is 0 Å². The Hall–Kier alpha value is -0.632. The van der Waals surface area contributed by atoms with Crippen molar-refractivity contribution in [1.82, 2.24) is 0 Å². The maximum Gasteiger partial charge on any atom is 2.00 e. The van der Waals surface area contributed by atoms with Crippen molar-refractivity contribution in [1.29, 1.82) is 0 Å². The van der Waals surface area contributed by atoms with Gasteiger partial charge in [-0.15, -0.1) is 12.8 Å². The standard InChI is InChI=1S/2C7H11O2.Pt/c2*1-3-6(8)5-7(9)4-2;/h2*1,3-5H2,2H3;/q2*-1;+2. The maximum atomic E-state index is 10.5. The normalized spacial score (nSPS) is 8.63. The van der Waals surface area contributed by atoms with Crippen LogP contribution in [0.15, 0.2) is 0 Å². The van der Waals surface area contributed by atoms with Gasteiger partial charge >= 0.3 is 21.1 Å². The van der Waals surface area contributed by atoms with Crippen LogP contribution < -0.4 is 0 Å². The van der Waals surface area contributed by atoms with E-state index in [9.17, 15) is 19.2 Å². The summed E-state index contributed by atoms with van der Waals surface area (Å²) < 4.78 is 0. The molecule has 0 saturated heterocycles. The second-order valence-electron chi connectivity index (χ2n) is 3.72. The van der Waals surface area contributed by atoms with Crippen LogP contribution in [-0.4, -0.2) is 23.1 Å². The molecule has 112 valence electrons. The minimum absolute atomic E-state index is 0. The van der Waals surface area contributed by atoms with Gasteiger partial charge in [0.25, 0.3) is 0 Å². The van der Waals surface area contributed by atoms with Crippen molar-refractivity contribution in [3.63, 3.8) is 0 Å². The zero-order valence-corrected chi connectivity index (χ0v) is 13.9. The van der Waals surface area contributed by atoms with Gasteiger partial charge < -0.3 is 23.4 Å². The molecule has 0 heterocycles. The quantitative estimate of drug-likeness (QED) is 0.421. The van der Waals surface area contributed by atoms with E-state index in [0.29, 0.717) is 12.8 Å². The van der Waals surface area contributed by atoms with Gasteiger partial charge in [-0.3, -0.25) is 9.59 Å². The molecular weight excluding hydrogens is 427 g/mol.